The van der Waals surface area contributed by atoms with Gasteiger partial charge in [-0.2, -0.15) is 0 Å². The van der Waals surface area contributed by atoms with E-state index >= 15 is 0 Å². The molecule has 5 nitrogen and oxygen atoms in total. The van der Waals surface area contributed by atoms with Crippen molar-refractivity contribution in [1.82, 2.24) is 0 Å². The Morgan fingerprint density at radius 2 is 1.90 bits per heavy atom. The highest BCUT2D eigenvalue weighted by atomic mass is 79.9. The molecule has 6 heteroatoms. The highest BCUT2D eigenvalue weighted by Gasteiger charge is 2.71. The molecule has 4 rings (SSSR count). The maximum atomic E-state index is 12.2. The predicted molar refractivity (Wildman–Crippen MR) is 113 cm³/mol. The van der Waals surface area contributed by atoms with Gasteiger partial charge in [0.05, 0.1) is 11.7 Å². The van der Waals surface area contributed by atoms with Crippen LogP contribution in [0.2, 0.25) is 0 Å². The van der Waals surface area contributed by atoms with Gasteiger partial charge >= 0.3 is 5.97 Å². The van der Waals surface area contributed by atoms with E-state index in [1.165, 1.54) is 6.92 Å². The number of halogens is 1. The summed E-state index contributed by atoms with van der Waals surface area (Å²) in [6.07, 6.45) is 6.54. The molecule has 0 spiro atoms. The van der Waals surface area contributed by atoms with Crippen LogP contribution in [0.15, 0.2) is 0 Å². The molecule has 4 saturated carbocycles. The maximum absolute atomic E-state index is 12.2. The van der Waals surface area contributed by atoms with Crippen LogP contribution in [0.25, 0.3) is 0 Å². The van der Waals surface area contributed by atoms with Crippen molar-refractivity contribution in [2.45, 2.75) is 94.8 Å². The summed E-state index contributed by atoms with van der Waals surface area (Å²) in [4.78, 5) is 11.4. The molecule has 0 bridgehead atoms. The molecule has 0 amide bonds. The summed E-state index contributed by atoms with van der Waals surface area (Å²) in [6.45, 7) is 5.65. The van der Waals surface area contributed by atoms with Gasteiger partial charge in [-0.3, -0.25) is 4.79 Å². The fraction of sp³-hybridized carbons (Fsp3) is 0.957. The minimum atomic E-state index is -0.864. The number of alkyl halides is 1. The zero-order valence-electron chi connectivity index (χ0n) is 17.9. The monoisotopic (exact) mass is 472 g/mol. The van der Waals surface area contributed by atoms with Crippen LogP contribution < -0.4 is 0 Å². The maximum Gasteiger partial charge on any atom is 0.302 e. The molecule has 0 aromatic heterocycles. The molecule has 10 atom stereocenters. The fourth-order valence-corrected chi connectivity index (χ4v) is 9.67. The van der Waals surface area contributed by atoms with E-state index in [1.807, 2.05) is 6.92 Å². The first-order valence-electron chi connectivity index (χ1n) is 11.4. The topological polar surface area (TPSA) is 87.0 Å². The molecule has 0 saturated heterocycles. The van der Waals surface area contributed by atoms with E-state index in [0.29, 0.717) is 5.92 Å². The van der Waals surface area contributed by atoms with Gasteiger partial charge in [-0.25, -0.2) is 0 Å². The lowest BCUT2D eigenvalue weighted by molar-refractivity contribution is -0.224. The molecule has 0 aliphatic heterocycles. The third-order valence-electron chi connectivity index (χ3n) is 9.76. The third kappa shape index (κ3) is 2.99. The van der Waals surface area contributed by atoms with Crippen LogP contribution in [0.3, 0.4) is 0 Å². The van der Waals surface area contributed by atoms with Crippen molar-refractivity contribution < 1.29 is 24.9 Å². The SMILES string of the molecule is CC(=O)OC1CC[C@@]2(CO)C(CC[C@@H]3[C@@H]2CC[C@]2(C)[C@@H](C(C)O)CC(Br)[C@@]32O)C1. The Hall–Kier alpha value is -0.170. The van der Waals surface area contributed by atoms with Crippen LogP contribution in [0, 0.1) is 34.5 Å². The first kappa shape index (κ1) is 22.0. The second-order valence-electron chi connectivity index (χ2n) is 10.7. The highest BCUT2D eigenvalue weighted by molar-refractivity contribution is 9.09. The Morgan fingerprint density at radius 3 is 2.52 bits per heavy atom. The molecule has 4 aliphatic rings. The van der Waals surface area contributed by atoms with Crippen LogP contribution in [-0.4, -0.2) is 50.5 Å². The van der Waals surface area contributed by atoms with E-state index in [2.05, 4.69) is 22.9 Å². The fourth-order valence-electron chi connectivity index (χ4n) is 8.41. The number of hydrogen-bond acceptors (Lipinski definition) is 5. The second kappa shape index (κ2) is 7.46. The van der Waals surface area contributed by atoms with E-state index in [0.717, 1.165) is 51.4 Å². The molecule has 4 unspecified atom stereocenters. The number of aliphatic hydroxyl groups is 3. The lowest BCUT2D eigenvalue weighted by Gasteiger charge is -2.64. The molecule has 3 N–H and O–H groups in total. The molecule has 4 fully saturated rings. The summed E-state index contributed by atoms with van der Waals surface area (Å²) in [7, 11) is 0. The van der Waals surface area contributed by atoms with Gasteiger partial charge in [0, 0.05) is 23.8 Å². The molecular formula is C23H37BrO5. The van der Waals surface area contributed by atoms with Crippen LogP contribution in [0.1, 0.15) is 72.1 Å². The number of ether oxygens (including phenoxy) is 1. The van der Waals surface area contributed by atoms with Crippen molar-refractivity contribution in [3.05, 3.63) is 0 Å². The van der Waals surface area contributed by atoms with E-state index < -0.39 is 11.7 Å². The number of esters is 1. The molecule has 0 heterocycles. The molecular weight excluding hydrogens is 436 g/mol. The summed E-state index contributed by atoms with van der Waals surface area (Å²) in [5, 5.41) is 33.3. The first-order chi connectivity index (χ1) is 13.6. The number of carbonyl (C=O) groups is 1. The summed E-state index contributed by atoms with van der Waals surface area (Å²) in [6, 6.07) is 0. The van der Waals surface area contributed by atoms with Gasteiger partial charge < -0.3 is 20.1 Å². The van der Waals surface area contributed by atoms with Gasteiger partial charge in [-0.05, 0) is 87.4 Å². The number of aliphatic hydroxyl groups excluding tert-OH is 2. The normalized spacial score (nSPS) is 52.8. The molecule has 166 valence electrons. The van der Waals surface area contributed by atoms with E-state index in [-0.39, 0.29) is 52.1 Å². The Kier molecular flexibility index (Phi) is 5.67. The molecule has 4 aliphatic carbocycles. The van der Waals surface area contributed by atoms with Gasteiger partial charge in [-0.15, -0.1) is 0 Å². The van der Waals surface area contributed by atoms with Crippen LogP contribution in [0.4, 0.5) is 0 Å². The van der Waals surface area contributed by atoms with Crippen molar-refractivity contribution >= 4 is 21.9 Å². The number of rotatable bonds is 3. The van der Waals surface area contributed by atoms with Crippen molar-refractivity contribution in [3.8, 4) is 0 Å². The average molecular weight is 473 g/mol. The summed E-state index contributed by atoms with van der Waals surface area (Å²) in [5.41, 5.74) is -1.36. The number of carbonyl (C=O) groups excluding carboxylic acids is 1. The molecule has 29 heavy (non-hydrogen) atoms. The lowest BCUT2D eigenvalue weighted by Crippen LogP contribution is -2.66. The first-order valence-corrected chi connectivity index (χ1v) is 12.3. The third-order valence-corrected chi connectivity index (χ3v) is 10.8. The van der Waals surface area contributed by atoms with Gasteiger partial charge in [0.1, 0.15) is 6.10 Å². The quantitative estimate of drug-likeness (QED) is 0.432. The Balaban J connectivity index is 1.65. The van der Waals surface area contributed by atoms with Gasteiger partial charge in [0.2, 0.25) is 0 Å². The van der Waals surface area contributed by atoms with Crippen LogP contribution in [-0.2, 0) is 9.53 Å². The van der Waals surface area contributed by atoms with Crippen molar-refractivity contribution in [3.63, 3.8) is 0 Å². The van der Waals surface area contributed by atoms with Crippen molar-refractivity contribution in [2.24, 2.45) is 34.5 Å². The van der Waals surface area contributed by atoms with Crippen molar-refractivity contribution in [1.29, 1.82) is 0 Å². The molecule has 0 aromatic rings. The van der Waals surface area contributed by atoms with Crippen LogP contribution in [0.5, 0.6) is 0 Å². The molecule has 0 aromatic carbocycles. The zero-order chi connectivity index (χ0) is 21.2. The number of hydrogen-bond donors (Lipinski definition) is 3. The minimum absolute atomic E-state index is 0.0305. The summed E-state index contributed by atoms with van der Waals surface area (Å²) < 4.78 is 5.52. The van der Waals surface area contributed by atoms with E-state index in [9.17, 15) is 20.1 Å². The highest BCUT2D eigenvalue weighted by Crippen LogP contribution is 2.70. The van der Waals surface area contributed by atoms with Gasteiger partial charge in [-0.1, -0.05) is 22.9 Å². The Labute approximate surface area is 182 Å². The van der Waals surface area contributed by atoms with Gasteiger partial charge in [0.25, 0.3) is 0 Å². The Morgan fingerprint density at radius 1 is 1.17 bits per heavy atom. The zero-order valence-corrected chi connectivity index (χ0v) is 19.5. The van der Waals surface area contributed by atoms with Gasteiger partial charge in [0.15, 0.2) is 0 Å². The average Bonchev–Trinajstić information content (AvgIpc) is 2.88. The van der Waals surface area contributed by atoms with E-state index in [4.69, 9.17) is 4.74 Å². The second-order valence-corrected chi connectivity index (χ2v) is 11.8. The standard InChI is InChI=1S/C23H37BrO5/c1-13(26)19-11-20(24)23(28)18-5-4-15-10-16(29-14(2)27)6-9-22(15,12-25)17(18)7-8-21(19,23)3/h13,15-20,25-26,28H,4-12H2,1-3H3/t13?,15?,16?,17-,18+,19+,20?,21+,22+,23-/m0/s1. The van der Waals surface area contributed by atoms with E-state index in [1.54, 1.807) is 0 Å². The largest absolute Gasteiger partial charge is 0.463 e. The molecule has 0 radical (unpaired) electrons. The predicted octanol–water partition coefficient (Wildman–Crippen LogP) is 3.42. The Bertz CT molecular complexity index is 655. The lowest BCUT2D eigenvalue weighted by atomic mass is 9.43. The van der Waals surface area contributed by atoms with Crippen LogP contribution >= 0.6 is 15.9 Å². The number of fused-ring (bicyclic) bond motifs is 5. The smallest absolute Gasteiger partial charge is 0.302 e. The summed E-state index contributed by atoms with van der Waals surface area (Å²) >= 11 is 3.83. The van der Waals surface area contributed by atoms with Crippen molar-refractivity contribution in [2.75, 3.05) is 6.61 Å². The minimum Gasteiger partial charge on any atom is -0.463 e. The summed E-state index contributed by atoms with van der Waals surface area (Å²) in [5.74, 6) is 0.599.